The summed E-state index contributed by atoms with van der Waals surface area (Å²) in [5.74, 6) is 0.631. The summed E-state index contributed by atoms with van der Waals surface area (Å²) in [4.78, 5) is 11.6. The number of nitrogens with one attached hydrogen (secondary N) is 2. The normalized spacial score (nSPS) is 9.74. The Kier molecular flexibility index (Phi) is 6.01. The van der Waals surface area contributed by atoms with Crippen LogP contribution in [0.5, 0.6) is 5.75 Å². The average molecular weight is 309 g/mol. The second kappa shape index (κ2) is 8.44. The molecule has 0 radical (unpaired) electrons. The van der Waals surface area contributed by atoms with Crippen LogP contribution in [0.2, 0.25) is 0 Å². The van der Waals surface area contributed by atoms with Crippen LogP contribution < -0.4 is 15.4 Å². The van der Waals surface area contributed by atoms with Gasteiger partial charge in [0.15, 0.2) is 0 Å². The van der Waals surface area contributed by atoms with Crippen molar-refractivity contribution in [1.82, 2.24) is 5.32 Å². The van der Waals surface area contributed by atoms with Gasteiger partial charge in [0.1, 0.15) is 12.4 Å². The molecular weight excluding hydrogens is 290 g/mol. The molecule has 2 aromatic rings. The van der Waals surface area contributed by atoms with Gasteiger partial charge in [0.25, 0.3) is 0 Å². The molecule has 0 aromatic heterocycles. The molecule has 0 bridgehead atoms. The molecule has 0 fully saturated rings. The lowest BCUT2D eigenvalue weighted by Gasteiger charge is -2.10. The second-order valence-electron chi connectivity index (χ2n) is 4.97. The Balaban J connectivity index is 1.97. The molecule has 0 heterocycles. The molecule has 2 aromatic carbocycles. The molecule has 2 rings (SSSR count). The molecule has 5 heteroatoms. The van der Waals surface area contributed by atoms with E-state index < -0.39 is 0 Å². The fourth-order valence-corrected chi connectivity index (χ4v) is 1.99. The number of hydrogen-bond donors (Lipinski definition) is 2. The fourth-order valence-electron chi connectivity index (χ4n) is 1.99. The van der Waals surface area contributed by atoms with Crippen molar-refractivity contribution in [3.8, 4) is 11.8 Å². The van der Waals surface area contributed by atoms with E-state index in [1.54, 1.807) is 24.3 Å². The highest BCUT2D eigenvalue weighted by atomic mass is 16.5. The summed E-state index contributed by atoms with van der Waals surface area (Å²) < 4.78 is 5.72. The Morgan fingerprint density at radius 3 is 2.83 bits per heavy atom. The first-order valence-corrected chi connectivity index (χ1v) is 7.48. The topological polar surface area (TPSA) is 74.2 Å². The summed E-state index contributed by atoms with van der Waals surface area (Å²) in [6.07, 6.45) is 0.884. The zero-order valence-corrected chi connectivity index (χ0v) is 13.0. The summed E-state index contributed by atoms with van der Waals surface area (Å²) in [6, 6.07) is 16.4. The fraction of sp³-hybridized carbons (Fsp3) is 0.222. The molecule has 23 heavy (non-hydrogen) atoms. The predicted octanol–water partition coefficient (Wildman–Crippen LogP) is 3.67. The lowest BCUT2D eigenvalue weighted by atomic mass is 10.1. The van der Waals surface area contributed by atoms with E-state index in [1.165, 1.54) is 0 Å². The maximum atomic E-state index is 11.6. The lowest BCUT2D eigenvalue weighted by molar-refractivity contribution is 0.252. The minimum absolute atomic E-state index is 0.237. The summed E-state index contributed by atoms with van der Waals surface area (Å²) in [6.45, 7) is 2.93. The van der Waals surface area contributed by atoms with Gasteiger partial charge in [-0.15, -0.1) is 0 Å². The van der Waals surface area contributed by atoms with E-state index in [1.807, 2.05) is 31.2 Å². The summed E-state index contributed by atoms with van der Waals surface area (Å²) in [5.41, 5.74) is 2.08. The lowest BCUT2D eigenvalue weighted by Crippen LogP contribution is -2.29. The first-order chi connectivity index (χ1) is 11.2. The number of hydrogen-bond acceptors (Lipinski definition) is 3. The molecule has 0 aliphatic heterocycles. The number of anilines is 1. The van der Waals surface area contributed by atoms with Gasteiger partial charge >= 0.3 is 6.03 Å². The Morgan fingerprint density at radius 2 is 2.04 bits per heavy atom. The van der Waals surface area contributed by atoms with Gasteiger partial charge in [-0.05, 0) is 24.6 Å². The number of carbonyl (C=O) groups is 1. The molecular formula is C18H19N3O2. The minimum Gasteiger partial charge on any atom is -0.489 e. The van der Waals surface area contributed by atoms with Crippen LogP contribution >= 0.6 is 0 Å². The van der Waals surface area contributed by atoms with Crippen molar-refractivity contribution in [2.45, 2.75) is 20.0 Å². The molecule has 0 aliphatic rings. The van der Waals surface area contributed by atoms with Gasteiger partial charge in [-0.25, -0.2) is 4.79 Å². The molecule has 0 saturated carbocycles. The van der Waals surface area contributed by atoms with Crippen LogP contribution in [0.25, 0.3) is 0 Å². The number of nitriles is 1. The zero-order valence-electron chi connectivity index (χ0n) is 13.0. The van der Waals surface area contributed by atoms with Crippen LogP contribution in [0, 0.1) is 11.3 Å². The SMILES string of the molecule is CCCNC(=O)Nc1cccc(OCc2ccccc2C#N)c1. The second-order valence-corrected chi connectivity index (χ2v) is 4.97. The van der Waals surface area contributed by atoms with Crippen molar-refractivity contribution in [2.75, 3.05) is 11.9 Å². The number of urea groups is 1. The highest BCUT2D eigenvalue weighted by molar-refractivity contribution is 5.89. The highest BCUT2D eigenvalue weighted by Crippen LogP contribution is 2.19. The summed E-state index contributed by atoms with van der Waals surface area (Å²) in [7, 11) is 0. The molecule has 2 N–H and O–H groups in total. The van der Waals surface area contributed by atoms with Gasteiger partial charge in [-0.3, -0.25) is 0 Å². The Morgan fingerprint density at radius 1 is 1.22 bits per heavy atom. The van der Waals surface area contributed by atoms with Crippen LogP contribution in [0.1, 0.15) is 24.5 Å². The van der Waals surface area contributed by atoms with Crippen molar-refractivity contribution in [3.63, 3.8) is 0 Å². The maximum Gasteiger partial charge on any atom is 0.319 e. The number of ether oxygens (including phenoxy) is 1. The maximum absolute atomic E-state index is 11.6. The van der Waals surface area contributed by atoms with Crippen molar-refractivity contribution in [1.29, 1.82) is 5.26 Å². The summed E-state index contributed by atoms with van der Waals surface area (Å²) >= 11 is 0. The van der Waals surface area contributed by atoms with Crippen LogP contribution in [-0.2, 0) is 6.61 Å². The molecule has 0 unspecified atom stereocenters. The average Bonchev–Trinajstić information content (AvgIpc) is 2.58. The molecule has 0 atom stereocenters. The van der Waals surface area contributed by atoms with Crippen LogP contribution in [0.3, 0.4) is 0 Å². The van der Waals surface area contributed by atoms with Crippen molar-refractivity contribution < 1.29 is 9.53 Å². The quantitative estimate of drug-likeness (QED) is 0.855. The largest absolute Gasteiger partial charge is 0.489 e. The first-order valence-electron chi connectivity index (χ1n) is 7.48. The monoisotopic (exact) mass is 309 g/mol. The Bertz CT molecular complexity index is 707. The number of benzene rings is 2. The third-order valence-corrected chi connectivity index (χ3v) is 3.16. The number of amides is 2. The van der Waals surface area contributed by atoms with E-state index >= 15 is 0 Å². The first kappa shape index (κ1) is 16.4. The standard InChI is InChI=1S/C18H19N3O2/c1-2-10-20-18(22)21-16-8-5-9-17(11-16)23-13-15-7-4-3-6-14(15)12-19/h3-9,11H,2,10,13H2,1H3,(H2,20,21,22). The van der Waals surface area contributed by atoms with Gasteiger partial charge in [-0.1, -0.05) is 31.2 Å². The van der Waals surface area contributed by atoms with Crippen LogP contribution in [-0.4, -0.2) is 12.6 Å². The van der Waals surface area contributed by atoms with E-state index in [0.717, 1.165) is 12.0 Å². The number of nitrogens with zero attached hydrogens (tertiary/aromatic N) is 1. The third kappa shape index (κ3) is 5.04. The van der Waals surface area contributed by atoms with Crippen molar-refractivity contribution in [3.05, 3.63) is 59.7 Å². The van der Waals surface area contributed by atoms with Gasteiger partial charge < -0.3 is 15.4 Å². The van der Waals surface area contributed by atoms with Gasteiger partial charge in [0.2, 0.25) is 0 Å². The molecule has 2 amide bonds. The van der Waals surface area contributed by atoms with E-state index in [4.69, 9.17) is 10.00 Å². The zero-order chi connectivity index (χ0) is 16.5. The molecule has 0 spiro atoms. The van der Waals surface area contributed by atoms with E-state index in [2.05, 4.69) is 16.7 Å². The molecule has 118 valence electrons. The minimum atomic E-state index is -0.237. The third-order valence-electron chi connectivity index (χ3n) is 3.16. The van der Waals surface area contributed by atoms with Crippen LogP contribution in [0.15, 0.2) is 48.5 Å². The molecule has 0 saturated heterocycles. The number of carbonyl (C=O) groups excluding carboxylic acids is 1. The van der Waals surface area contributed by atoms with Gasteiger partial charge in [0, 0.05) is 23.9 Å². The van der Waals surface area contributed by atoms with E-state index in [0.29, 0.717) is 30.2 Å². The molecule has 0 aliphatic carbocycles. The van der Waals surface area contributed by atoms with Crippen molar-refractivity contribution >= 4 is 11.7 Å². The van der Waals surface area contributed by atoms with E-state index in [9.17, 15) is 4.79 Å². The Labute approximate surface area is 135 Å². The van der Waals surface area contributed by atoms with Gasteiger partial charge in [-0.2, -0.15) is 5.26 Å². The predicted molar refractivity (Wildman–Crippen MR) is 89.2 cm³/mol. The number of rotatable bonds is 6. The summed E-state index contributed by atoms with van der Waals surface area (Å²) in [5, 5.41) is 14.6. The van der Waals surface area contributed by atoms with Crippen molar-refractivity contribution in [2.24, 2.45) is 0 Å². The van der Waals surface area contributed by atoms with Gasteiger partial charge in [0.05, 0.1) is 11.6 Å². The highest BCUT2D eigenvalue weighted by Gasteiger charge is 2.04. The molecule has 5 nitrogen and oxygen atoms in total. The van der Waals surface area contributed by atoms with Crippen LogP contribution in [0.4, 0.5) is 10.5 Å². The smallest absolute Gasteiger partial charge is 0.319 e. The Hall–Kier alpha value is -3.00. The van der Waals surface area contributed by atoms with E-state index in [-0.39, 0.29) is 6.03 Å².